The van der Waals surface area contributed by atoms with Crippen LogP contribution in [0.4, 0.5) is 15.8 Å². The van der Waals surface area contributed by atoms with Crippen LogP contribution in [0.3, 0.4) is 0 Å². The zero-order chi connectivity index (χ0) is 20.4. The van der Waals surface area contributed by atoms with E-state index in [4.69, 9.17) is 0 Å². The van der Waals surface area contributed by atoms with Crippen LogP contribution in [0.15, 0.2) is 48.5 Å². The molecule has 1 fully saturated rings. The molecular weight excluding hydrogens is 367 g/mol. The van der Waals surface area contributed by atoms with Crippen LogP contribution in [-0.4, -0.2) is 29.3 Å². The van der Waals surface area contributed by atoms with E-state index in [-0.39, 0.29) is 18.0 Å². The van der Waals surface area contributed by atoms with Crippen molar-refractivity contribution >= 4 is 22.3 Å². The number of aliphatic hydroxyl groups is 1. The fraction of sp³-hybridized carbons (Fsp3) is 0.304. The molecule has 29 heavy (non-hydrogen) atoms. The molecule has 0 bridgehead atoms. The molecule has 0 amide bonds. The summed E-state index contributed by atoms with van der Waals surface area (Å²) in [7, 11) is 0. The fourth-order valence-electron chi connectivity index (χ4n) is 3.93. The molecule has 1 saturated heterocycles. The van der Waals surface area contributed by atoms with Gasteiger partial charge in [-0.1, -0.05) is 18.2 Å². The van der Waals surface area contributed by atoms with Crippen LogP contribution in [0.1, 0.15) is 37.1 Å². The maximum Gasteiger partial charge on any atom is 0.143 e. The Hall–Kier alpha value is -3.17. The van der Waals surface area contributed by atoms with E-state index in [1.807, 2.05) is 37.3 Å². The van der Waals surface area contributed by atoms with Gasteiger partial charge in [0, 0.05) is 35.4 Å². The van der Waals surface area contributed by atoms with Crippen molar-refractivity contribution in [3.63, 3.8) is 0 Å². The molecule has 2 heterocycles. The maximum atomic E-state index is 14.1. The van der Waals surface area contributed by atoms with Gasteiger partial charge < -0.3 is 15.3 Å². The van der Waals surface area contributed by atoms with Crippen LogP contribution in [0.5, 0.6) is 0 Å². The number of aliphatic hydroxyl groups excluding tert-OH is 1. The third-order valence-electron chi connectivity index (χ3n) is 5.46. The highest BCUT2D eigenvalue weighted by Gasteiger charge is 2.22. The summed E-state index contributed by atoms with van der Waals surface area (Å²) in [5.41, 5.74) is 3.69. The molecule has 5 nitrogen and oxygen atoms in total. The Labute approximate surface area is 169 Å². The van der Waals surface area contributed by atoms with E-state index in [9.17, 15) is 14.8 Å². The molecule has 3 aromatic rings. The van der Waals surface area contributed by atoms with Crippen molar-refractivity contribution in [2.75, 3.05) is 23.3 Å². The van der Waals surface area contributed by atoms with Gasteiger partial charge in [-0.05, 0) is 50.1 Å². The van der Waals surface area contributed by atoms with Crippen molar-refractivity contribution in [1.82, 2.24) is 4.98 Å². The van der Waals surface area contributed by atoms with Crippen molar-refractivity contribution in [3.8, 4) is 6.07 Å². The highest BCUT2D eigenvalue weighted by Crippen LogP contribution is 2.33. The first-order valence-corrected chi connectivity index (χ1v) is 9.84. The van der Waals surface area contributed by atoms with E-state index in [0.29, 0.717) is 18.5 Å². The lowest BCUT2D eigenvalue weighted by Crippen LogP contribution is -2.36. The Morgan fingerprint density at radius 3 is 2.72 bits per heavy atom. The number of nitrogens with one attached hydrogen (secondary N) is 1. The second-order valence-corrected chi connectivity index (χ2v) is 7.47. The number of benzene rings is 2. The molecule has 4 rings (SSSR count). The molecule has 148 valence electrons. The van der Waals surface area contributed by atoms with Crippen molar-refractivity contribution < 1.29 is 9.50 Å². The number of aromatic nitrogens is 1. The molecule has 1 unspecified atom stereocenters. The molecule has 1 aromatic heterocycles. The number of hydrogen-bond donors (Lipinski definition) is 2. The summed E-state index contributed by atoms with van der Waals surface area (Å²) in [5, 5.41) is 23.5. The SMILES string of the molecule is CC(Nc1cc(C#N)nc2ccccc12)c1cc(F)ccc1N1CCC(O)CC1. The summed E-state index contributed by atoms with van der Waals surface area (Å²) in [6, 6.07) is 16.1. The van der Waals surface area contributed by atoms with Gasteiger partial charge in [-0.2, -0.15) is 5.26 Å². The molecule has 6 heteroatoms. The van der Waals surface area contributed by atoms with Gasteiger partial charge in [0.15, 0.2) is 0 Å². The zero-order valence-corrected chi connectivity index (χ0v) is 16.3. The lowest BCUT2D eigenvalue weighted by atomic mass is 10.0. The monoisotopic (exact) mass is 390 g/mol. The van der Waals surface area contributed by atoms with Crippen molar-refractivity contribution in [1.29, 1.82) is 5.26 Å². The van der Waals surface area contributed by atoms with E-state index >= 15 is 0 Å². The minimum absolute atomic E-state index is 0.190. The van der Waals surface area contributed by atoms with Gasteiger partial charge in [0.2, 0.25) is 0 Å². The Morgan fingerprint density at radius 2 is 1.97 bits per heavy atom. The van der Waals surface area contributed by atoms with Crippen LogP contribution in [-0.2, 0) is 0 Å². The minimum atomic E-state index is -0.285. The summed E-state index contributed by atoms with van der Waals surface area (Å²) in [4.78, 5) is 6.55. The molecule has 1 aliphatic rings. The van der Waals surface area contributed by atoms with Gasteiger partial charge >= 0.3 is 0 Å². The first kappa shape index (κ1) is 19.2. The Balaban J connectivity index is 1.69. The van der Waals surface area contributed by atoms with Crippen LogP contribution in [0, 0.1) is 17.1 Å². The second-order valence-electron chi connectivity index (χ2n) is 7.47. The zero-order valence-electron chi connectivity index (χ0n) is 16.3. The maximum absolute atomic E-state index is 14.1. The Bertz CT molecular complexity index is 1070. The standard InChI is InChI=1S/C23H23FN4O/c1-15(26-22-13-17(14-25)27-21-5-3-2-4-19(21)22)20-12-16(24)6-7-23(20)28-10-8-18(29)9-11-28/h2-7,12-13,15,18,29H,8-11H2,1H3,(H,26,27). The first-order valence-electron chi connectivity index (χ1n) is 9.84. The van der Waals surface area contributed by atoms with E-state index in [1.54, 1.807) is 12.1 Å². The van der Waals surface area contributed by atoms with Gasteiger partial charge in [-0.3, -0.25) is 0 Å². The smallest absolute Gasteiger partial charge is 0.143 e. The van der Waals surface area contributed by atoms with E-state index in [0.717, 1.165) is 40.9 Å². The summed E-state index contributed by atoms with van der Waals surface area (Å²) in [6.45, 7) is 3.46. The Kier molecular flexibility index (Phi) is 5.32. The lowest BCUT2D eigenvalue weighted by Gasteiger charge is -2.34. The van der Waals surface area contributed by atoms with Crippen LogP contribution in [0.2, 0.25) is 0 Å². The van der Waals surface area contributed by atoms with Crippen molar-refractivity contribution in [3.05, 3.63) is 65.6 Å². The van der Waals surface area contributed by atoms with Gasteiger partial charge in [-0.25, -0.2) is 9.37 Å². The number of fused-ring (bicyclic) bond motifs is 1. The number of nitrogens with zero attached hydrogens (tertiary/aromatic N) is 3. The third-order valence-corrected chi connectivity index (χ3v) is 5.46. The van der Waals surface area contributed by atoms with E-state index in [1.165, 1.54) is 6.07 Å². The normalized spacial score (nSPS) is 15.9. The van der Waals surface area contributed by atoms with E-state index < -0.39 is 0 Å². The predicted octanol–water partition coefficient (Wildman–Crippen LogP) is 4.38. The summed E-state index contributed by atoms with van der Waals surface area (Å²) >= 11 is 0. The molecule has 0 aliphatic carbocycles. The molecule has 1 atom stereocenters. The largest absolute Gasteiger partial charge is 0.393 e. The lowest BCUT2D eigenvalue weighted by molar-refractivity contribution is 0.145. The highest BCUT2D eigenvalue weighted by molar-refractivity contribution is 5.92. The van der Waals surface area contributed by atoms with Gasteiger partial charge in [0.05, 0.1) is 17.7 Å². The number of rotatable bonds is 4. The number of anilines is 2. The average molecular weight is 390 g/mol. The number of halogens is 1. The average Bonchev–Trinajstić information content (AvgIpc) is 2.74. The van der Waals surface area contributed by atoms with Gasteiger partial charge in [0.25, 0.3) is 0 Å². The van der Waals surface area contributed by atoms with Crippen LogP contribution < -0.4 is 10.2 Å². The predicted molar refractivity (Wildman–Crippen MR) is 112 cm³/mol. The first-order chi connectivity index (χ1) is 14.0. The van der Waals surface area contributed by atoms with Gasteiger partial charge in [0.1, 0.15) is 17.6 Å². The molecular formula is C23H23FN4O. The summed E-state index contributed by atoms with van der Waals surface area (Å²) < 4.78 is 14.1. The number of pyridine rings is 1. The van der Waals surface area contributed by atoms with Gasteiger partial charge in [-0.15, -0.1) is 0 Å². The molecule has 0 spiro atoms. The fourth-order valence-corrected chi connectivity index (χ4v) is 3.93. The Morgan fingerprint density at radius 1 is 1.21 bits per heavy atom. The van der Waals surface area contributed by atoms with E-state index in [2.05, 4.69) is 21.3 Å². The third kappa shape index (κ3) is 4.01. The number of nitriles is 1. The summed E-state index contributed by atoms with van der Waals surface area (Å²) in [6.07, 6.45) is 1.15. The van der Waals surface area contributed by atoms with Crippen molar-refractivity contribution in [2.24, 2.45) is 0 Å². The molecule has 1 aliphatic heterocycles. The van der Waals surface area contributed by atoms with Crippen molar-refractivity contribution in [2.45, 2.75) is 31.9 Å². The number of para-hydroxylation sites is 1. The highest BCUT2D eigenvalue weighted by atomic mass is 19.1. The molecule has 2 aromatic carbocycles. The topological polar surface area (TPSA) is 72.2 Å². The molecule has 0 saturated carbocycles. The number of hydrogen-bond acceptors (Lipinski definition) is 5. The van der Waals surface area contributed by atoms with Crippen LogP contribution >= 0.6 is 0 Å². The van der Waals surface area contributed by atoms with Crippen LogP contribution in [0.25, 0.3) is 10.9 Å². The minimum Gasteiger partial charge on any atom is -0.393 e. The number of piperidine rings is 1. The second kappa shape index (κ2) is 8.06. The quantitative estimate of drug-likeness (QED) is 0.692. The molecule has 0 radical (unpaired) electrons. The molecule has 2 N–H and O–H groups in total. The summed E-state index contributed by atoms with van der Waals surface area (Å²) in [5.74, 6) is -0.285.